The summed E-state index contributed by atoms with van der Waals surface area (Å²) in [5.41, 5.74) is 2.36. The number of nitrogens with zero attached hydrogens (tertiary/aromatic N) is 3. The van der Waals surface area contributed by atoms with E-state index in [9.17, 15) is 18.1 Å². The zero-order valence-corrected chi connectivity index (χ0v) is 18.2. The molecular weight excluding hydrogens is 438 g/mol. The Morgan fingerprint density at radius 2 is 2.03 bits per heavy atom. The highest BCUT2D eigenvalue weighted by molar-refractivity contribution is 7.85. The van der Waals surface area contributed by atoms with Crippen LogP contribution in [-0.4, -0.2) is 56.9 Å². The number of hydrogen-bond acceptors (Lipinski definition) is 7. The molecule has 3 aliphatic rings. The predicted octanol–water partition coefficient (Wildman–Crippen LogP) is 2.97. The zero-order valence-electron chi connectivity index (χ0n) is 17.4. The van der Waals surface area contributed by atoms with Gasteiger partial charge in [0.05, 0.1) is 28.6 Å². The molecule has 7 nitrogen and oxygen atoms in total. The van der Waals surface area contributed by atoms with Crippen LogP contribution in [0.4, 0.5) is 20.5 Å². The average Bonchev–Trinajstić information content (AvgIpc) is 3.38. The molecule has 10 heteroatoms. The number of benzene rings is 1. The molecule has 2 N–H and O–H groups in total. The monoisotopic (exact) mass is 462 g/mol. The number of aliphatic hydroxyl groups is 1. The molecule has 1 fully saturated rings. The molecule has 1 unspecified atom stereocenters. The van der Waals surface area contributed by atoms with Gasteiger partial charge in [0, 0.05) is 25.3 Å². The maximum Gasteiger partial charge on any atom is 0.387 e. The lowest BCUT2D eigenvalue weighted by molar-refractivity contribution is -0.0498. The number of ether oxygens (including phenoxy) is 1. The third-order valence-electron chi connectivity index (χ3n) is 6.33. The zero-order chi connectivity index (χ0) is 22.3. The highest BCUT2D eigenvalue weighted by atomic mass is 32.2. The normalized spacial score (nSPS) is 21.3. The fourth-order valence-corrected chi connectivity index (χ4v) is 5.66. The van der Waals surface area contributed by atoms with Crippen molar-refractivity contribution in [1.82, 2.24) is 9.97 Å². The second kappa shape index (κ2) is 8.40. The van der Waals surface area contributed by atoms with Gasteiger partial charge < -0.3 is 20.1 Å². The SMILES string of the molecule is O=S1CCc2nc(N3CC=C(c4ccc(OC(F)F)cc4)C3)nc(NC3(CO)CCC3)c21. The maximum absolute atomic E-state index is 12.6. The molecule has 2 aliphatic heterocycles. The van der Waals surface area contributed by atoms with E-state index in [4.69, 9.17) is 9.97 Å². The molecule has 1 aromatic carbocycles. The van der Waals surface area contributed by atoms with Crippen LogP contribution >= 0.6 is 0 Å². The fourth-order valence-electron chi connectivity index (χ4n) is 4.35. The Hall–Kier alpha value is -2.59. The molecular formula is C22H24F2N4O3S. The van der Waals surface area contributed by atoms with Gasteiger partial charge in [0.2, 0.25) is 5.95 Å². The Morgan fingerprint density at radius 1 is 1.25 bits per heavy atom. The first-order valence-electron chi connectivity index (χ1n) is 10.6. The largest absolute Gasteiger partial charge is 0.435 e. The second-order valence-corrected chi connectivity index (χ2v) is 9.88. The summed E-state index contributed by atoms with van der Waals surface area (Å²) in [4.78, 5) is 12.1. The molecule has 32 heavy (non-hydrogen) atoms. The Morgan fingerprint density at radius 3 is 2.69 bits per heavy atom. The minimum absolute atomic E-state index is 0.00836. The molecule has 1 aliphatic carbocycles. The van der Waals surface area contributed by atoms with Crippen molar-refractivity contribution in [1.29, 1.82) is 0 Å². The lowest BCUT2D eigenvalue weighted by Gasteiger charge is -2.41. The van der Waals surface area contributed by atoms with Gasteiger partial charge in [-0.3, -0.25) is 4.21 Å². The van der Waals surface area contributed by atoms with Crippen molar-refractivity contribution < 1.29 is 22.8 Å². The predicted molar refractivity (Wildman–Crippen MR) is 118 cm³/mol. The summed E-state index contributed by atoms with van der Waals surface area (Å²) in [7, 11) is -1.14. The van der Waals surface area contributed by atoms with Crippen LogP contribution in [0, 0.1) is 0 Å². The fraction of sp³-hybridized carbons (Fsp3) is 0.455. The van der Waals surface area contributed by atoms with E-state index in [1.807, 2.05) is 4.90 Å². The van der Waals surface area contributed by atoms with Crippen molar-refractivity contribution in [2.45, 2.75) is 42.7 Å². The first kappa shape index (κ1) is 21.3. The average molecular weight is 463 g/mol. The van der Waals surface area contributed by atoms with Crippen LogP contribution in [0.3, 0.4) is 0 Å². The number of rotatable bonds is 7. The van der Waals surface area contributed by atoms with Crippen LogP contribution in [0.2, 0.25) is 0 Å². The number of fused-ring (bicyclic) bond motifs is 1. The summed E-state index contributed by atoms with van der Waals surface area (Å²) in [6.07, 6.45) is 5.44. The number of aliphatic hydroxyl groups excluding tert-OH is 1. The Bertz CT molecular complexity index is 1070. The van der Waals surface area contributed by atoms with Crippen LogP contribution < -0.4 is 15.0 Å². The number of alkyl halides is 2. The smallest absolute Gasteiger partial charge is 0.387 e. The summed E-state index contributed by atoms with van der Waals surface area (Å²) in [5.74, 6) is 1.78. The molecule has 170 valence electrons. The quantitative estimate of drug-likeness (QED) is 0.654. The Balaban J connectivity index is 1.37. The van der Waals surface area contributed by atoms with Gasteiger partial charge >= 0.3 is 6.61 Å². The number of hydrogen-bond donors (Lipinski definition) is 2. The molecule has 0 saturated heterocycles. The summed E-state index contributed by atoms with van der Waals surface area (Å²) in [6.45, 7) is -1.66. The lowest BCUT2D eigenvalue weighted by atomic mass is 9.77. The first-order valence-corrected chi connectivity index (χ1v) is 12.0. The van der Waals surface area contributed by atoms with E-state index in [1.165, 1.54) is 12.1 Å². The van der Waals surface area contributed by atoms with Gasteiger partial charge in [0.25, 0.3) is 0 Å². The molecule has 2 aromatic rings. The first-order chi connectivity index (χ1) is 15.5. The van der Waals surface area contributed by atoms with E-state index in [0.29, 0.717) is 41.9 Å². The molecule has 0 radical (unpaired) electrons. The third kappa shape index (κ3) is 3.97. The highest BCUT2D eigenvalue weighted by Gasteiger charge is 2.39. The van der Waals surface area contributed by atoms with Gasteiger partial charge in [0.1, 0.15) is 16.5 Å². The molecule has 1 atom stereocenters. The minimum atomic E-state index is -2.85. The van der Waals surface area contributed by atoms with Crippen molar-refractivity contribution in [2.75, 3.05) is 35.7 Å². The van der Waals surface area contributed by atoms with Crippen LogP contribution in [-0.2, 0) is 17.2 Å². The molecule has 0 amide bonds. The van der Waals surface area contributed by atoms with Crippen LogP contribution in [0.1, 0.15) is 30.5 Å². The number of nitrogens with one attached hydrogen (secondary N) is 1. The van der Waals surface area contributed by atoms with Crippen molar-refractivity contribution in [3.05, 3.63) is 41.6 Å². The van der Waals surface area contributed by atoms with Crippen LogP contribution in [0.5, 0.6) is 5.75 Å². The summed E-state index contributed by atoms with van der Waals surface area (Å²) in [6, 6.07) is 6.57. The summed E-state index contributed by atoms with van der Waals surface area (Å²) in [5, 5.41) is 13.3. The van der Waals surface area contributed by atoms with Crippen molar-refractivity contribution >= 4 is 28.1 Å². The van der Waals surface area contributed by atoms with Crippen molar-refractivity contribution in [3.63, 3.8) is 0 Å². The summed E-state index contributed by atoms with van der Waals surface area (Å²) < 4.78 is 41.7. The lowest BCUT2D eigenvalue weighted by Crippen LogP contribution is -2.48. The molecule has 5 rings (SSSR count). The highest BCUT2D eigenvalue weighted by Crippen LogP contribution is 2.38. The van der Waals surface area contributed by atoms with E-state index >= 15 is 0 Å². The van der Waals surface area contributed by atoms with E-state index in [1.54, 1.807) is 12.1 Å². The molecule has 1 saturated carbocycles. The Kier molecular flexibility index (Phi) is 5.58. The second-order valence-electron chi connectivity index (χ2n) is 8.38. The van der Waals surface area contributed by atoms with Gasteiger partial charge in [-0.25, -0.2) is 4.98 Å². The van der Waals surface area contributed by atoms with E-state index in [-0.39, 0.29) is 12.4 Å². The maximum atomic E-state index is 12.6. The van der Waals surface area contributed by atoms with Crippen molar-refractivity contribution in [3.8, 4) is 5.75 Å². The summed E-state index contributed by atoms with van der Waals surface area (Å²) >= 11 is 0. The van der Waals surface area contributed by atoms with Crippen LogP contribution in [0.15, 0.2) is 35.2 Å². The molecule has 3 heterocycles. The van der Waals surface area contributed by atoms with Gasteiger partial charge in [-0.1, -0.05) is 18.2 Å². The van der Waals surface area contributed by atoms with Gasteiger partial charge in [-0.05, 0) is 42.5 Å². The standard InChI is InChI=1S/C22H24F2N4O3S/c23-20(24)31-16-4-2-14(3-5-16)15-6-10-28(12-15)21-25-17-7-11-32(30)18(17)19(26-21)27-22(13-29)8-1-9-22/h2-6,20,29H,1,7-13H2,(H,25,26,27). The van der Waals surface area contributed by atoms with Gasteiger partial charge in [-0.15, -0.1) is 0 Å². The molecule has 1 aromatic heterocycles. The van der Waals surface area contributed by atoms with Crippen molar-refractivity contribution in [2.24, 2.45) is 0 Å². The van der Waals surface area contributed by atoms with Gasteiger partial charge in [-0.2, -0.15) is 13.8 Å². The number of halogens is 2. The van der Waals surface area contributed by atoms with E-state index < -0.39 is 22.9 Å². The number of anilines is 2. The van der Waals surface area contributed by atoms with Gasteiger partial charge in [0.15, 0.2) is 0 Å². The third-order valence-corrected chi connectivity index (χ3v) is 7.78. The topological polar surface area (TPSA) is 87.6 Å². The van der Waals surface area contributed by atoms with E-state index in [2.05, 4.69) is 16.1 Å². The number of aryl methyl sites for hydroxylation is 1. The van der Waals surface area contributed by atoms with E-state index in [0.717, 1.165) is 36.1 Å². The van der Waals surface area contributed by atoms with Crippen LogP contribution in [0.25, 0.3) is 5.57 Å². The molecule has 0 bridgehead atoms. The minimum Gasteiger partial charge on any atom is -0.435 e. The number of aromatic nitrogens is 2. The molecule has 0 spiro atoms. The Labute approximate surface area is 187 Å².